The van der Waals surface area contributed by atoms with Gasteiger partial charge in [-0.3, -0.25) is 0 Å². The molecule has 0 aromatic carbocycles. The van der Waals surface area contributed by atoms with Crippen molar-refractivity contribution < 1.29 is 17.9 Å². The Morgan fingerprint density at radius 1 is 1.53 bits per heavy atom. The smallest absolute Gasteiger partial charge is 0.385 e. The van der Waals surface area contributed by atoms with Gasteiger partial charge >= 0.3 is 6.18 Å². The van der Waals surface area contributed by atoms with Gasteiger partial charge in [0.25, 0.3) is 0 Å². The highest BCUT2D eigenvalue weighted by atomic mass is 32.1. The molecule has 0 bridgehead atoms. The third kappa shape index (κ3) is 4.25. The van der Waals surface area contributed by atoms with Crippen LogP contribution in [0.5, 0.6) is 0 Å². The number of nitrogens with zero attached hydrogens (tertiary/aromatic N) is 1. The van der Waals surface area contributed by atoms with Gasteiger partial charge < -0.3 is 10.1 Å². The molecule has 0 radical (unpaired) electrons. The van der Waals surface area contributed by atoms with Crippen molar-refractivity contribution in [3.63, 3.8) is 0 Å². The molecule has 17 heavy (non-hydrogen) atoms. The second-order valence-corrected chi connectivity index (χ2v) is 4.52. The molecule has 1 aromatic rings. The first-order valence-electron chi connectivity index (χ1n) is 5.24. The first kappa shape index (κ1) is 14.4. The average Bonchev–Trinajstić information content (AvgIpc) is 2.72. The fourth-order valence-corrected chi connectivity index (χ4v) is 2.30. The molecule has 3 nitrogen and oxygen atoms in total. The van der Waals surface area contributed by atoms with Crippen LogP contribution in [0.4, 0.5) is 13.2 Å². The summed E-state index contributed by atoms with van der Waals surface area (Å²) in [5.74, 6) is 0. The van der Waals surface area contributed by atoms with Crippen molar-refractivity contribution in [1.82, 2.24) is 10.3 Å². The zero-order chi connectivity index (χ0) is 12.9. The molecule has 0 saturated carbocycles. The van der Waals surface area contributed by atoms with Gasteiger partial charge in [-0.05, 0) is 13.0 Å². The molecule has 0 amide bonds. The van der Waals surface area contributed by atoms with Gasteiger partial charge in [-0.15, -0.1) is 11.3 Å². The van der Waals surface area contributed by atoms with E-state index >= 15 is 0 Å². The number of alkyl halides is 3. The number of methoxy groups -OCH3 is 1. The van der Waals surface area contributed by atoms with Crippen molar-refractivity contribution in [3.8, 4) is 0 Å². The summed E-state index contributed by atoms with van der Waals surface area (Å²) in [4.78, 5) is 4.01. The molecule has 1 rings (SSSR count). The van der Waals surface area contributed by atoms with E-state index in [4.69, 9.17) is 4.74 Å². The lowest BCUT2D eigenvalue weighted by Gasteiger charge is -2.15. The number of aromatic nitrogens is 1. The first-order valence-corrected chi connectivity index (χ1v) is 6.06. The van der Waals surface area contributed by atoms with Crippen molar-refractivity contribution in [3.05, 3.63) is 16.1 Å². The quantitative estimate of drug-likeness (QED) is 0.861. The minimum atomic E-state index is -4.36. The predicted octanol–water partition coefficient (Wildman–Crippen LogP) is 2.85. The highest BCUT2D eigenvalue weighted by Gasteiger charge is 2.35. The Morgan fingerprint density at radius 2 is 2.24 bits per heavy atom. The molecule has 1 aromatic heterocycles. The average molecular weight is 268 g/mol. The van der Waals surface area contributed by atoms with Crippen molar-refractivity contribution in [2.75, 3.05) is 20.3 Å². The monoisotopic (exact) mass is 268 g/mol. The second-order valence-electron chi connectivity index (χ2n) is 3.46. The van der Waals surface area contributed by atoms with E-state index < -0.39 is 11.2 Å². The highest BCUT2D eigenvalue weighted by Crippen LogP contribution is 2.34. The molecule has 0 fully saturated rings. The minimum Gasteiger partial charge on any atom is -0.385 e. The normalized spacial score (nSPS) is 13.9. The van der Waals surface area contributed by atoms with Crippen molar-refractivity contribution in [2.24, 2.45) is 0 Å². The van der Waals surface area contributed by atoms with Crippen LogP contribution < -0.4 is 5.32 Å². The van der Waals surface area contributed by atoms with Crippen molar-refractivity contribution >= 4 is 11.3 Å². The molecule has 0 aliphatic rings. The second kappa shape index (κ2) is 6.32. The summed E-state index contributed by atoms with van der Waals surface area (Å²) in [6.07, 6.45) is -2.44. The maximum atomic E-state index is 12.4. The molecule has 0 aliphatic heterocycles. The molecule has 0 spiro atoms. The van der Waals surface area contributed by atoms with E-state index in [2.05, 4.69) is 10.3 Å². The molecule has 1 heterocycles. The minimum absolute atomic E-state index is 0.131. The van der Waals surface area contributed by atoms with Crippen LogP contribution in [-0.2, 0) is 10.9 Å². The van der Waals surface area contributed by atoms with Crippen LogP contribution in [0.25, 0.3) is 0 Å². The Balaban J connectivity index is 2.76. The van der Waals surface area contributed by atoms with E-state index in [0.29, 0.717) is 35.8 Å². The Morgan fingerprint density at radius 3 is 2.71 bits per heavy atom. The summed E-state index contributed by atoms with van der Waals surface area (Å²) < 4.78 is 42.2. The summed E-state index contributed by atoms with van der Waals surface area (Å²) >= 11 is 0.684. The van der Waals surface area contributed by atoms with Crippen LogP contribution in [0.3, 0.4) is 0 Å². The lowest BCUT2D eigenvalue weighted by atomic mass is 10.2. The Labute approximate surface area is 102 Å². The fourth-order valence-electron chi connectivity index (χ4n) is 1.41. The van der Waals surface area contributed by atoms with Gasteiger partial charge in [0.2, 0.25) is 0 Å². The highest BCUT2D eigenvalue weighted by molar-refractivity contribution is 7.11. The number of hydrogen-bond acceptors (Lipinski definition) is 4. The van der Waals surface area contributed by atoms with Crippen LogP contribution in [0.15, 0.2) is 6.20 Å². The number of rotatable bonds is 6. The van der Waals surface area contributed by atoms with Gasteiger partial charge in [0.15, 0.2) is 5.01 Å². The summed E-state index contributed by atoms with van der Waals surface area (Å²) in [7, 11) is 1.57. The summed E-state index contributed by atoms with van der Waals surface area (Å²) in [6, 6.07) is -0.131. The maximum Gasteiger partial charge on any atom is 0.443 e. The maximum absolute atomic E-state index is 12.4. The SMILES string of the molecule is CCNC(CCOC)c1cnc(C(F)(F)F)s1. The summed E-state index contributed by atoms with van der Waals surface area (Å²) in [6.45, 7) is 3.09. The van der Waals surface area contributed by atoms with Crippen LogP contribution in [0, 0.1) is 0 Å². The standard InChI is InChI=1S/C10H15F3N2OS/c1-3-14-7(4-5-16-2)8-6-15-9(17-8)10(11,12)13/h6-7,14H,3-5H2,1-2H3. The molecule has 7 heteroatoms. The topological polar surface area (TPSA) is 34.1 Å². The van der Waals surface area contributed by atoms with E-state index in [1.807, 2.05) is 6.92 Å². The molecular formula is C10H15F3N2OS. The van der Waals surface area contributed by atoms with Gasteiger partial charge in [-0.1, -0.05) is 6.92 Å². The van der Waals surface area contributed by atoms with Crippen LogP contribution in [0.1, 0.15) is 29.3 Å². The van der Waals surface area contributed by atoms with E-state index in [1.54, 1.807) is 7.11 Å². The third-order valence-electron chi connectivity index (χ3n) is 2.17. The van der Waals surface area contributed by atoms with E-state index in [0.717, 1.165) is 0 Å². The molecular weight excluding hydrogens is 253 g/mol. The lowest BCUT2D eigenvalue weighted by molar-refractivity contribution is -0.137. The zero-order valence-corrected chi connectivity index (χ0v) is 10.5. The predicted molar refractivity (Wildman–Crippen MR) is 60.0 cm³/mol. The van der Waals surface area contributed by atoms with Gasteiger partial charge in [0.1, 0.15) is 0 Å². The van der Waals surface area contributed by atoms with E-state index in [1.165, 1.54) is 6.20 Å². The zero-order valence-electron chi connectivity index (χ0n) is 9.67. The van der Waals surface area contributed by atoms with Gasteiger partial charge in [-0.2, -0.15) is 13.2 Å². The van der Waals surface area contributed by atoms with Gasteiger partial charge in [0.05, 0.1) is 0 Å². The molecule has 1 unspecified atom stereocenters. The van der Waals surface area contributed by atoms with Gasteiger partial charge in [-0.25, -0.2) is 4.98 Å². The molecule has 1 atom stereocenters. The number of halogens is 3. The third-order valence-corrected chi connectivity index (χ3v) is 3.33. The van der Waals surface area contributed by atoms with E-state index in [-0.39, 0.29) is 6.04 Å². The molecule has 0 saturated heterocycles. The Kier molecular flexibility index (Phi) is 5.35. The first-order chi connectivity index (χ1) is 7.99. The number of nitrogens with one attached hydrogen (secondary N) is 1. The van der Waals surface area contributed by atoms with Crippen molar-refractivity contribution in [2.45, 2.75) is 25.6 Å². The molecule has 0 aliphatic carbocycles. The fraction of sp³-hybridized carbons (Fsp3) is 0.700. The van der Waals surface area contributed by atoms with E-state index in [9.17, 15) is 13.2 Å². The van der Waals surface area contributed by atoms with Gasteiger partial charge in [0, 0.05) is 30.8 Å². The van der Waals surface area contributed by atoms with Crippen LogP contribution >= 0.6 is 11.3 Å². The van der Waals surface area contributed by atoms with Crippen LogP contribution in [-0.4, -0.2) is 25.2 Å². The number of thiazole rings is 1. The Hall–Kier alpha value is -0.660. The molecule has 1 N–H and O–H groups in total. The number of ether oxygens (including phenoxy) is 1. The largest absolute Gasteiger partial charge is 0.443 e. The summed E-state index contributed by atoms with van der Waals surface area (Å²) in [5, 5.41) is 2.32. The number of hydrogen-bond donors (Lipinski definition) is 1. The van der Waals surface area contributed by atoms with Crippen LogP contribution in [0.2, 0.25) is 0 Å². The van der Waals surface area contributed by atoms with Crippen molar-refractivity contribution in [1.29, 1.82) is 0 Å². The summed E-state index contributed by atoms with van der Waals surface area (Å²) in [5.41, 5.74) is 0. The lowest BCUT2D eigenvalue weighted by Crippen LogP contribution is -2.21. The molecule has 98 valence electrons. The Bertz CT molecular complexity index is 341.